The summed E-state index contributed by atoms with van der Waals surface area (Å²) in [5, 5.41) is 6.43. The molecule has 1 aromatic rings. The molecule has 4 heteroatoms. The Labute approximate surface area is 104 Å². The lowest BCUT2D eigenvalue weighted by Gasteiger charge is -2.08. The van der Waals surface area contributed by atoms with Crippen molar-refractivity contribution >= 4 is 11.8 Å². The summed E-state index contributed by atoms with van der Waals surface area (Å²) < 4.78 is 0. The van der Waals surface area contributed by atoms with Gasteiger partial charge in [-0.15, -0.1) is 0 Å². The fourth-order valence-electron chi connectivity index (χ4n) is 1.59. The van der Waals surface area contributed by atoms with Crippen LogP contribution in [-0.4, -0.2) is 23.1 Å². The van der Waals surface area contributed by atoms with Gasteiger partial charge in [-0.25, -0.2) is 4.98 Å². The number of unbranched alkanes of at least 4 members (excludes halogenated alkanes) is 1. The van der Waals surface area contributed by atoms with Crippen LogP contribution in [-0.2, 0) is 0 Å². The van der Waals surface area contributed by atoms with Crippen molar-refractivity contribution in [3.63, 3.8) is 0 Å². The minimum Gasteiger partial charge on any atom is -0.370 e. The van der Waals surface area contributed by atoms with Gasteiger partial charge in [0.1, 0.15) is 5.82 Å². The number of rotatable bonds is 8. The number of nitrogens with zero attached hydrogens (tertiary/aromatic N) is 2. The maximum atomic E-state index is 4.36. The van der Waals surface area contributed by atoms with Crippen LogP contribution in [0.2, 0.25) is 0 Å². The fraction of sp³-hybridized carbons (Fsp3) is 0.692. The average Bonchev–Trinajstić information content (AvgIpc) is 2.29. The van der Waals surface area contributed by atoms with Crippen molar-refractivity contribution in [3.8, 4) is 0 Å². The Morgan fingerprint density at radius 1 is 1.24 bits per heavy atom. The van der Waals surface area contributed by atoms with Crippen LogP contribution in [0.25, 0.3) is 0 Å². The Morgan fingerprint density at radius 2 is 2.06 bits per heavy atom. The first kappa shape index (κ1) is 13.7. The molecule has 0 amide bonds. The summed E-state index contributed by atoms with van der Waals surface area (Å²) in [7, 11) is 0. The Kier molecular flexibility index (Phi) is 6.37. The molecular weight excluding hydrogens is 212 g/mol. The molecule has 0 aliphatic heterocycles. The van der Waals surface area contributed by atoms with Gasteiger partial charge in [0.25, 0.3) is 0 Å². The second-order valence-electron chi connectivity index (χ2n) is 4.61. The van der Waals surface area contributed by atoms with E-state index in [1.54, 1.807) is 6.20 Å². The Morgan fingerprint density at radius 3 is 2.76 bits per heavy atom. The van der Waals surface area contributed by atoms with E-state index in [9.17, 15) is 0 Å². The zero-order valence-corrected chi connectivity index (χ0v) is 11.2. The minimum absolute atomic E-state index is 0.694. The maximum Gasteiger partial charge on any atom is 0.224 e. The average molecular weight is 236 g/mol. The summed E-state index contributed by atoms with van der Waals surface area (Å²) in [6.07, 6.45) is 5.55. The van der Waals surface area contributed by atoms with Gasteiger partial charge in [0, 0.05) is 19.3 Å². The number of aromatic nitrogens is 2. The van der Waals surface area contributed by atoms with E-state index in [0.717, 1.165) is 24.8 Å². The highest BCUT2D eigenvalue weighted by atomic mass is 15.1. The van der Waals surface area contributed by atoms with Crippen molar-refractivity contribution in [2.24, 2.45) is 5.92 Å². The van der Waals surface area contributed by atoms with Crippen LogP contribution >= 0.6 is 0 Å². The number of anilines is 2. The van der Waals surface area contributed by atoms with Crippen LogP contribution in [0.15, 0.2) is 12.3 Å². The fourth-order valence-corrected chi connectivity index (χ4v) is 1.59. The molecule has 1 heterocycles. The summed E-state index contributed by atoms with van der Waals surface area (Å²) in [6.45, 7) is 8.39. The highest BCUT2D eigenvalue weighted by molar-refractivity contribution is 5.39. The molecule has 96 valence electrons. The molecule has 1 rings (SSSR count). The minimum atomic E-state index is 0.694. The van der Waals surface area contributed by atoms with E-state index in [1.807, 2.05) is 13.0 Å². The van der Waals surface area contributed by atoms with E-state index in [-0.39, 0.29) is 0 Å². The predicted molar refractivity (Wildman–Crippen MR) is 73.4 cm³/mol. The van der Waals surface area contributed by atoms with Gasteiger partial charge in [0.2, 0.25) is 5.95 Å². The van der Waals surface area contributed by atoms with Crippen molar-refractivity contribution in [1.29, 1.82) is 0 Å². The van der Waals surface area contributed by atoms with Crippen LogP contribution in [0.1, 0.15) is 40.0 Å². The van der Waals surface area contributed by atoms with E-state index in [0.29, 0.717) is 5.95 Å². The Balaban J connectivity index is 2.24. The van der Waals surface area contributed by atoms with Gasteiger partial charge >= 0.3 is 0 Å². The lowest BCUT2D eigenvalue weighted by Crippen LogP contribution is -2.07. The van der Waals surface area contributed by atoms with Gasteiger partial charge in [0.05, 0.1) is 0 Å². The smallest absolute Gasteiger partial charge is 0.224 e. The molecule has 17 heavy (non-hydrogen) atoms. The molecule has 4 nitrogen and oxygen atoms in total. The lowest BCUT2D eigenvalue weighted by molar-refractivity contribution is 0.544. The molecule has 0 saturated heterocycles. The van der Waals surface area contributed by atoms with E-state index < -0.39 is 0 Å². The standard InChI is InChI=1S/C13H24N4/c1-4-14-13-16-10-8-12(17-13)15-9-6-5-7-11(2)3/h8,10-11H,4-7,9H2,1-3H3,(H2,14,15,16,17). The molecule has 0 aliphatic rings. The molecule has 2 N–H and O–H groups in total. The van der Waals surface area contributed by atoms with Gasteiger partial charge < -0.3 is 10.6 Å². The third-order valence-electron chi connectivity index (χ3n) is 2.50. The topological polar surface area (TPSA) is 49.8 Å². The van der Waals surface area contributed by atoms with Crippen LogP contribution in [0.4, 0.5) is 11.8 Å². The summed E-state index contributed by atoms with van der Waals surface area (Å²) in [5.41, 5.74) is 0. The van der Waals surface area contributed by atoms with Crippen LogP contribution < -0.4 is 10.6 Å². The van der Waals surface area contributed by atoms with Crippen molar-refractivity contribution in [2.45, 2.75) is 40.0 Å². The highest BCUT2D eigenvalue weighted by Gasteiger charge is 1.98. The van der Waals surface area contributed by atoms with Gasteiger partial charge in [-0.1, -0.05) is 26.7 Å². The molecule has 1 aromatic heterocycles. The van der Waals surface area contributed by atoms with Crippen molar-refractivity contribution in [2.75, 3.05) is 23.7 Å². The first-order valence-electron chi connectivity index (χ1n) is 6.53. The second kappa shape index (κ2) is 7.87. The first-order chi connectivity index (χ1) is 8.22. The molecule has 0 bridgehead atoms. The number of hydrogen-bond donors (Lipinski definition) is 2. The lowest BCUT2D eigenvalue weighted by atomic mass is 10.1. The molecule has 0 saturated carbocycles. The van der Waals surface area contributed by atoms with Gasteiger partial charge in [-0.3, -0.25) is 0 Å². The normalized spacial score (nSPS) is 10.6. The number of nitrogens with one attached hydrogen (secondary N) is 2. The van der Waals surface area contributed by atoms with Crippen molar-refractivity contribution < 1.29 is 0 Å². The van der Waals surface area contributed by atoms with Crippen molar-refractivity contribution in [1.82, 2.24) is 9.97 Å². The van der Waals surface area contributed by atoms with Crippen LogP contribution in [0.3, 0.4) is 0 Å². The predicted octanol–water partition coefficient (Wildman–Crippen LogP) is 3.15. The molecule has 0 atom stereocenters. The largest absolute Gasteiger partial charge is 0.370 e. The summed E-state index contributed by atoms with van der Waals surface area (Å²) >= 11 is 0. The van der Waals surface area contributed by atoms with E-state index in [1.165, 1.54) is 19.3 Å². The van der Waals surface area contributed by atoms with E-state index in [4.69, 9.17) is 0 Å². The Bertz CT molecular complexity index is 312. The first-order valence-corrected chi connectivity index (χ1v) is 6.53. The highest BCUT2D eigenvalue weighted by Crippen LogP contribution is 2.08. The van der Waals surface area contributed by atoms with Crippen LogP contribution in [0, 0.1) is 5.92 Å². The third-order valence-corrected chi connectivity index (χ3v) is 2.50. The molecule has 0 fully saturated rings. The third kappa shape index (κ3) is 6.09. The monoisotopic (exact) mass is 236 g/mol. The summed E-state index contributed by atoms with van der Waals surface area (Å²) in [4.78, 5) is 8.50. The maximum absolute atomic E-state index is 4.36. The molecule has 0 unspecified atom stereocenters. The van der Waals surface area contributed by atoms with Gasteiger partial charge in [0.15, 0.2) is 0 Å². The van der Waals surface area contributed by atoms with Gasteiger partial charge in [-0.2, -0.15) is 4.98 Å². The Hall–Kier alpha value is -1.32. The summed E-state index contributed by atoms with van der Waals surface area (Å²) in [6, 6.07) is 1.91. The second-order valence-corrected chi connectivity index (χ2v) is 4.61. The van der Waals surface area contributed by atoms with E-state index >= 15 is 0 Å². The van der Waals surface area contributed by atoms with Crippen LogP contribution in [0.5, 0.6) is 0 Å². The molecular formula is C13H24N4. The zero-order chi connectivity index (χ0) is 12.5. The molecule has 0 radical (unpaired) electrons. The molecule has 0 spiro atoms. The molecule has 0 aromatic carbocycles. The quantitative estimate of drug-likeness (QED) is 0.681. The number of hydrogen-bond acceptors (Lipinski definition) is 4. The SMILES string of the molecule is CCNc1nccc(NCCCCC(C)C)n1. The van der Waals surface area contributed by atoms with Gasteiger partial charge in [-0.05, 0) is 25.3 Å². The summed E-state index contributed by atoms with van der Waals surface area (Å²) in [5.74, 6) is 2.40. The van der Waals surface area contributed by atoms with Crippen molar-refractivity contribution in [3.05, 3.63) is 12.3 Å². The molecule has 0 aliphatic carbocycles. The van der Waals surface area contributed by atoms with E-state index in [2.05, 4.69) is 34.4 Å². The zero-order valence-electron chi connectivity index (χ0n) is 11.2.